The van der Waals surface area contributed by atoms with Crippen LogP contribution in [0.2, 0.25) is 0 Å². The molecule has 26 heavy (non-hydrogen) atoms. The summed E-state index contributed by atoms with van der Waals surface area (Å²) in [6.45, 7) is 5.34. The van der Waals surface area contributed by atoms with Crippen LogP contribution in [0.25, 0.3) is 0 Å². The molecular weight excluding hydrogens is 333 g/mol. The number of benzene rings is 1. The normalized spacial score (nSPS) is 19.2. The molecule has 0 saturated heterocycles. The fraction of sp³-hybridized carbons (Fsp3) is 0.429. The van der Waals surface area contributed by atoms with Gasteiger partial charge in [0.25, 0.3) is 0 Å². The molecule has 0 radical (unpaired) electrons. The predicted molar refractivity (Wildman–Crippen MR) is 96.1 cm³/mol. The fourth-order valence-electron chi connectivity index (χ4n) is 3.09. The van der Waals surface area contributed by atoms with Gasteiger partial charge in [-0.05, 0) is 57.2 Å². The number of esters is 1. The van der Waals surface area contributed by atoms with E-state index in [-0.39, 0.29) is 29.2 Å². The molecule has 1 saturated carbocycles. The second-order valence-electron chi connectivity index (χ2n) is 7.38. The van der Waals surface area contributed by atoms with Crippen LogP contribution in [0.15, 0.2) is 23.8 Å². The third-order valence-corrected chi connectivity index (χ3v) is 4.48. The van der Waals surface area contributed by atoms with Crippen molar-refractivity contribution in [3.63, 3.8) is 0 Å². The molecule has 0 aliphatic heterocycles. The number of ether oxygens (including phenoxy) is 1. The highest BCUT2D eigenvalue weighted by Crippen LogP contribution is 2.47. The van der Waals surface area contributed by atoms with Gasteiger partial charge < -0.3 is 10.5 Å². The van der Waals surface area contributed by atoms with Crippen LogP contribution >= 0.6 is 0 Å². The lowest BCUT2D eigenvalue weighted by atomic mass is 9.79. The van der Waals surface area contributed by atoms with Crippen LogP contribution in [-0.2, 0) is 9.53 Å². The molecule has 2 aliphatic rings. The van der Waals surface area contributed by atoms with Crippen molar-refractivity contribution in [2.24, 2.45) is 11.7 Å². The molecule has 1 aromatic carbocycles. The van der Waals surface area contributed by atoms with E-state index in [0.717, 1.165) is 18.4 Å². The van der Waals surface area contributed by atoms with Gasteiger partial charge in [0.15, 0.2) is 5.78 Å². The van der Waals surface area contributed by atoms with Gasteiger partial charge in [0, 0.05) is 11.5 Å². The lowest BCUT2D eigenvalue weighted by Gasteiger charge is -2.23. The van der Waals surface area contributed by atoms with Crippen molar-refractivity contribution in [2.45, 2.75) is 45.1 Å². The number of halogens is 1. The molecule has 5 heteroatoms. The standard InChI is InChI=1S/C21H22FNO3/c1-4-26-20(25)17-10-14(12-5-6-12)15-9-13(7-8-21(2,3)23)18(22)11-16(15)19(17)24/h9-12,14H,4-6,23H2,1-3H3/t14-/m0/s1. The minimum absolute atomic E-state index is 0.00224. The maximum atomic E-state index is 14.5. The summed E-state index contributed by atoms with van der Waals surface area (Å²) in [6.07, 6.45) is 3.71. The molecule has 3 rings (SSSR count). The highest BCUT2D eigenvalue weighted by molar-refractivity contribution is 6.25. The fourth-order valence-corrected chi connectivity index (χ4v) is 3.09. The SMILES string of the molecule is CCOC(=O)C1=C[C@@H](C2CC2)c2cc(C#CC(C)(C)N)c(F)cc2C1=O. The zero-order chi connectivity index (χ0) is 19.1. The third-order valence-electron chi connectivity index (χ3n) is 4.48. The van der Waals surface area contributed by atoms with E-state index in [1.165, 1.54) is 6.07 Å². The quantitative estimate of drug-likeness (QED) is 0.514. The molecule has 4 nitrogen and oxygen atoms in total. The van der Waals surface area contributed by atoms with Crippen molar-refractivity contribution in [2.75, 3.05) is 6.61 Å². The molecule has 0 amide bonds. The Hall–Kier alpha value is -2.45. The number of Topliss-reactive ketones (excluding diaryl/α,β-unsaturated/α-hetero) is 1. The van der Waals surface area contributed by atoms with Crippen LogP contribution in [0.4, 0.5) is 4.39 Å². The van der Waals surface area contributed by atoms with Gasteiger partial charge in [-0.2, -0.15) is 0 Å². The molecule has 0 bridgehead atoms. The van der Waals surface area contributed by atoms with Crippen LogP contribution < -0.4 is 5.73 Å². The summed E-state index contributed by atoms with van der Waals surface area (Å²) in [6, 6.07) is 2.82. The summed E-state index contributed by atoms with van der Waals surface area (Å²) < 4.78 is 19.5. The van der Waals surface area contributed by atoms with Crippen molar-refractivity contribution in [1.29, 1.82) is 0 Å². The number of carbonyl (C=O) groups excluding carboxylic acids is 2. The number of allylic oxidation sites excluding steroid dienone is 1. The molecule has 1 fully saturated rings. The number of ketones is 1. The Morgan fingerprint density at radius 3 is 2.65 bits per heavy atom. The minimum atomic E-state index is -0.745. The maximum Gasteiger partial charge on any atom is 0.341 e. The Bertz CT molecular complexity index is 864. The van der Waals surface area contributed by atoms with E-state index < -0.39 is 23.1 Å². The molecule has 2 N–H and O–H groups in total. The van der Waals surface area contributed by atoms with Gasteiger partial charge >= 0.3 is 5.97 Å². The molecule has 1 atom stereocenters. The molecule has 0 aromatic heterocycles. The van der Waals surface area contributed by atoms with Crippen molar-refractivity contribution in [3.05, 3.63) is 46.3 Å². The van der Waals surface area contributed by atoms with Crippen molar-refractivity contribution >= 4 is 11.8 Å². The highest BCUT2D eigenvalue weighted by Gasteiger charge is 2.39. The van der Waals surface area contributed by atoms with Crippen LogP contribution in [-0.4, -0.2) is 23.9 Å². The monoisotopic (exact) mass is 355 g/mol. The average molecular weight is 355 g/mol. The maximum absolute atomic E-state index is 14.5. The van der Waals surface area contributed by atoms with Gasteiger partial charge in [-0.1, -0.05) is 17.9 Å². The first-order valence-electron chi connectivity index (χ1n) is 8.80. The second-order valence-corrected chi connectivity index (χ2v) is 7.38. The minimum Gasteiger partial charge on any atom is -0.462 e. The Labute approximate surface area is 152 Å². The Morgan fingerprint density at radius 1 is 1.38 bits per heavy atom. The van der Waals surface area contributed by atoms with Crippen molar-refractivity contribution in [3.8, 4) is 11.8 Å². The van der Waals surface area contributed by atoms with Gasteiger partial charge in [-0.15, -0.1) is 0 Å². The third kappa shape index (κ3) is 3.71. The van der Waals surface area contributed by atoms with Gasteiger partial charge in [0.2, 0.25) is 0 Å². The number of fused-ring (bicyclic) bond motifs is 1. The summed E-state index contributed by atoms with van der Waals surface area (Å²) in [4.78, 5) is 24.8. The van der Waals surface area contributed by atoms with E-state index in [9.17, 15) is 14.0 Å². The predicted octanol–water partition coefficient (Wildman–Crippen LogP) is 3.09. The van der Waals surface area contributed by atoms with E-state index in [1.54, 1.807) is 32.9 Å². The highest BCUT2D eigenvalue weighted by atomic mass is 19.1. The Morgan fingerprint density at radius 2 is 2.08 bits per heavy atom. The van der Waals surface area contributed by atoms with Gasteiger partial charge in [0.05, 0.1) is 17.7 Å². The molecular formula is C21H22FNO3. The first-order chi connectivity index (χ1) is 12.2. The van der Waals surface area contributed by atoms with Crippen LogP contribution in [0, 0.1) is 23.6 Å². The van der Waals surface area contributed by atoms with E-state index in [4.69, 9.17) is 10.5 Å². The average Bonchev–Trinajstić information content (AvgIpc) is 3.38. The molecule has 2 aliphatic carbocycles. The number of hydrogen-bond acceptors (Lipinski definition) is 4. The summed E-state index contributed by atoms with van der Waals surface area (Å²) >= 11 is 0. The summed E-state index contributed by atoms with van der Waals surface area (Å²) in [5.41, 5.74) is 6.27. The summed E-state index contributed by atoms with van der Waals surface area (Å²) in [5, 5.41) is 0. The number of nitrogens with two attached hydrogens (primary N) is 1. The zero-order valence-electron chi connectivity index (χ0n) is 15.2. The molecule has 136 valence electrons. The lowest BCUT2D eigenvalue weighted by molar-refractivity contribution is -0.138. The number of hydrogen-bond donors (Lipinski definition) is 1. The summed E-state index contributed by atoms with van der Waals surface area (Å²) in [7, 11) is 0. The Kier molecular flexibility index (Phi) is 4.72. The van der Waals surface area contributed by atoms with Crippen LogP contribution in [0.1, 0.15) is 61.0 Å². The van der Waals surface area contributed by atoms with E-state index >= 15 is 0 Å². The summed E-state index contributed by atoms with van der Waals surface area (Å²) in [5.74, 6) is 4.11. The van der Waals surface area contributed by atoms with E-state index in [2.05, 4.69) is 11.8 Å². The first kappa shape index (κ1) is 18.3. The van der Waals surface area contributed by atoms with E-state index in [1.807, 2.05) is 0 Å². The smallest absolute Gasteiger partial charge is 0.341 e. The number of rotatable bonds is 3. The van der Waals surface area contributed by atoms with Gasteiger partial charge in [0.1, 0.15) is 11.4 Å². The molecule has 0 heterocycles. The van der Waals surface area contributed by atoms with Crippen LogP contribution in [0.3, 0.4) is 0 Å². The van der Waals surface area contributed by atoms with Crippen molar-refractivity contribution in [1.82, 2.24) is 0 Å². The van der Waals surface area contributed by atoms with Gasteiger partial charge in [-0.25, -0.2) is 9.18 Å². The lowest BCUT2D eigenvalue weighted by Crippen LogP contribution is -2.29. The molecule has 0 spiro atoms. The Balaban J connectivity index is 2.08. The largest absolute Gasteiger partial charge is 0.462 e. The first-order valence-corrected chi connectivity index (χ1v) is 8.80. The zero-order valence-corrected chi connectivity index (χ0v) is 15.2. The van der Waals surface area contributed by atoms with Gasteiger partial charge in [-0.3, -0.25) is 4.79 Å². The molecule has 0 unspecified atom stereocenters. The molecule has 1 aromatic rings. The number of carbonyl (C=O) groups is 2. The van der Waals surface area contributed by atoms with Crippen LogP contribution in [0.5, 0.6) is 0 Å². The second kappa shape index (κ2) is 6.69. The van der Waals surface area contributed by atoms with E-state index in [0.29, 0.717) is 5.92 Å². The topological polar surface area (TPSA) is 69.4 Å². The van der Waals surface area contributed by atoms with Crippen molar-refractivity contribution < 1.29 is 18.7 Å².